The van der Waals surface area contributed by atoms with Crippen LogP contribution in [0, 0.1) is 13.8 Å². The smallest absolute Gasteiger partial charge is 0.305 e. The lowest BCUT2D eigenvalue weighted by atomic mass is 9.81. The third-order valence-electron chi connectivity index (χ3n) is 19.7. The molecule has 608 valence electrons. The number of aliphatic carboxylic acids is 2. The van der Waals surface area contributed by atoms with Gasteiger partial charge in [0.25, 0.3) is 0 Å². The van der Waals surface area contributed by atoms with Crippen LogP contribution < -0.4 is 22.4 Å². The second-order valence-corrected chi connectivity index (χ2v) is 34.2. The van der Waals surface area contributed by atoms with Crippen molar-refractivity contribution in [3.05, 3.63) is 208 Å². The normalized spacial score (nSPS) is 15.3. The van der Waals surface area contributed by atoms with Gasteiger partial charge in [-0.3, -0.25) is 9.59 Å². The highest BCUT2D eigenvalue weighted by atomic mass is 79.9. The van der Waals surface area contributed by atoms with Crippen LogP contribution in [0.1, 0.15) is 159 Å². The minimum atomic E-state index is -4.63. The number of carboxylic acid groups (broad SMARTS) is 2. The molecule has 8 rings (SSSR count). The molecule has 0 fully saturated rings. The van der Waals surface area contributed by atoms with E-state index in [0.29, 0.717) is 25.8 Å². The predicted octanol–water partition coefficient (Wildman–Crippen LogP) is 11.9. The van der Waals surface area contributed by atoms with Crippen molar-refractivity contribution in [1.82, 2.24) is 0 Å². The predicted molar refractivity (Wildman–Crippen MR) is 448 cm³/mol. The number of quaternary nitrogens is 3. The summed E-state index contributed by atoms with van der Waals surface area (Å²) in [6, 6.07) is 38.4. The number of carbonyl (C=O) groups excluding carboxylic acids is 2. The molecule has 21 heteroatoms. The van der Waals surface area contributed by atoms with Crippen LogP contribution in [0.3, 0.4) is 0 Å². The third kappa shape index (κ3) is 32.1. The number of rotatable bonds is 32. The Morgan fingerprint density at radius 1 is 0.609 bits per heavy atom. The number of carboxylic acids is 2. The standard InChI is InChI=1S/C41H59N4O5S.C20H20O2.C18H30N2.C8H16O4.C2H6O.BrH.ClH/c1-30-14-19-35-33(28-30)40(2,3)37(42(35)24-12-26-44(6,7)8)21-15-31(17-23-39(46)47)16-22-38-41(4,5)34-29-32(51(48,49)50)18-20-36(34)43(38)25-13-27-45(9,10)11;21-20(22)16-15-19(13-11-17-7-3-1-4-8-17)14-12-18-9-5-2-6-10-18;1-14-9-10-17-16(13-14)18(3,4)15(2)19(17)11-8-12-20(5,6)7;1-10-7(9)5-4-6-8(11-2)12-3;1-2-3;;/h14-16,18-22,28-29H,12-13,17,23-27H2,1-11H3;1-11,13-14H,12,15-16H2,(H,21,22);9-10,13H,8,11-12H2,1-7H3;8H,4-6H2,1-3H3;3H,2H2,1H3;2*1H/q+1;;+2;;;;/p-1/b;13-11+,19-14-;;;;;. The Balaban J connectivity index is 0.000000570. The van der Waals surface area contributed by atoms with Crippen LogP contribution >= 0.6 is 17.0 Å². The highest BCUT2D eigenvalue weighted by Crippen LogP contribution is 2.49. The summed E-state index contributed by atoms with van der Waals surface area (Å²) < 4.78 is 57.9. The molecule has 0 atom stereocenters. The zero-order chi connectivity index (χ0) is 81.0. The lowest BCUT2D eigenvalue weighted by Crippen LogP contribution is -3.00. The van der Waals surface area contributed by atoms with Gasteiger partial charge in [-0.25, -0.2) is 8.42 Å². The number of carbonyl (C=O) groups is 3. The lowest BCUT2D eigenvalue weighted by Gasteiger charge is -2.29. The number of nitrogens with zero attached hydrogens (tertiary/aromatic N) is 6. The summed E-state index contributed by atoms with van der Waals surface area (Å²) in [5.41, 5.74) is 16.7. The van der Waals surface area contributed by atoms with Gasteiger partial charge in [0, 0.05) is 106 Å². The van der Waals surface area contributed by atoms with Crippen LogP contribution in [-0.4, -0.2) is 212 Å². The van der Waals surface area contributed by atoms with Gasteiger partial charge in [-0.2, -0.15) is 9.15 Å². The first kappa shape index (κ1) is 98.9. The summed E-state index contributed by atoms with van der Waals surface area (Å²) in [4.78, 5) is 35.3. The molecule has 110 heavy (non-hydrogen) atoms. The molecule has 5 aromatic carbocycles. The quantitative estimate of drug-likeness (QED) is 0.0103. The topological polar surface area (TPSA) is 209 Å². The van der Waals surface area contributed by atoms with Crippen molar-refractivity contribution in [2.24, 2.45) is 0 Å². The van der Waals surface area contributed by atoms with E-state index in [-0.39, 0.29) is 83.2 Å². The molecular formula is C89H132BrClN6O12S+2. The maximum Gasteiger partial charge on any atom is 0.305 e. The first-order valence-corrected chi connectivity index (χ1v) is 39.3. The number of esters is 1. The molecule has 0 amide bonds. The minimum Gasteiger partial charge on any atom is -1.00 e. The number of ether oxygens (including phenoxy) is 3. The van der Waals surface area contributed by atoms with E-state index in [4.69, 9.17) is 19.7 Å². The Morgan fingerprint density at radius 2 is 1.11 bits per heavy atom. The molecule has 0 unspecified atom stereocenters. The number of aliphatic hydroxyl groups is 1. The van der Waals surface area contributed by atoms with Crippen LogP contribution in [0.25, 0.3) is 6.08 Å². The molecule has 5 aromatic rings. The van der Waals surface area contributed by atoms with Gasteiger partial charge in [0.1, 0.15) is 10.1 Å². The monoisotopic (exact) mass is 1620 g/mol. The number of hydrogen-bond donors (Lipinski definition) is 2. The zero-order valence-corrected chi connectivity index (χ0v) is 73.5. The molecule has 0 aliphatic carbocycles. The summed E-state index contributed by atoms with van der Waals surface area (Å²) in [5, 5.41) is 28.1. The first-order chi connectivity index (χ1) is 50.4. The van der Waals surface area contributed by atoms with Crippen molar-refractivity contribution < 1.29 is 91.9 Å². The molecule has 18 nitrogen and oxygen atoms in total. The Hall–Kier alpha value is -7.21. The van der Waals surface area contributed by atoms with Gasteiger partial charge < -0.3 is 69.6 Å². The summed E-state index contributed by atoms with van der Waals surface area (Å²) in [7, 11) is 19.8. The fraction of sp³-hybridized carbons (Fsp3) is 0.494. The summed E-state index contributed by atoms with van der Waals surface area (Å²) in [6.07, 6.45) is 20.8. The van der Waals surface area contributed by atoms with E-state index in [1.54, 1.807) is 27.2 Å². The van der Waals surface area contributed by atoms with Crippen LogP contribution in [0.5, 0.6) is 0 Å². The number of allylic oxidation sites excluding steroid dienone is 9. The Morgan fingerprint density at radius 3 is 1.65 bits per heavy atom. The molecule has 2 N–H and O–H groups in total. The fourth-order valence-electron chi connectivity index (χ4n) is 13.4. The van der Waals surface area contributed by atoms with Gasteiger partial charge in [0.05, 0.1) is 119 Å². The molecule has 0 saturated heterocycles. The second-order valence-electron chi connectivity index (χ2n) is 32.9. The van der Waals surface area contributed by atoms with E-state index in [9.17, 15) is 32.5 Å². The zero-order valence-electron chi connectivity index (χ0n) is 70.2. The largest absolute Gasteiger partial charge is 1.00 e. The number of halogens is 2. The number of methoxy groups -OCH3 is 3. The van der Waals surface area contributed by atoms with E-state index < -0.39 is 27.5 Å². The van der Waals surface area contributed by atoms with Gasteiger partial charge in [-0.05, 0) is 140 Å². The van der Waals surface area contributed by atoms with Crippen LogP contribution in [0.2, 0.25) is 0 Å². The summed E-state index contributed by atoms with van der Waals surface area (Å²) in [5.74, 6) is -2.07. The molecule has 3 heterocycles. The van der Waals surface area contributed by atoms with Crippen LogP contribution in [-0.2, 0) is 61.4 Å². The third-order valence-corrected chi connectivity index (χ3v) is 20.6. The maximum absolute atomic E-state index is 12.0. The number of fused-ring (bicyclic) bond motifs is 3. The van der Waals surface area contributed by atoms with Gasteiger partial charge in [0.15, 0.2) is 30.8 Å². The van der Waals surface area contributed by atoms with E-state index >= 15 is 0 Å². The highest BCUT2D eigenvalue weighted by Gasteiger charge is 2.46. The van der Waals surface area contributed by atoms with Gasteiger partial charge in [-0.15, -0.1) is 17.0 Å². The van der Waals surface area contributed by atoms with E-state index in [2.05, 4.69) is 191 Å². The van der Waals surface area contributed by atoms with Gasteiger partial charge in [-0.1, -0.05) is 140 Å². The number of aliphatic hydroxyl groups excluding tert-OH is 1. The van der Waals surface area contributed by atoms with Crippen molar-refractivity contribution in [3.8, 4) is 0 Å². The van der Waals surface area contributed by atoms with Crippen molar-refractivity contribution in [2.45, 2.75) is 167 Å². The molecular weight excluding hydrogens is 1490 g/mol. The molecule has 0 radical (unpaired) electrons. The van der Waals surface area contributed by atoms with Crippen molar-refractivity contribution >= 4 is 79.6 Å². The van der Waals surface area contributed by atoms with Crippen molar-refractivity contribution in [1.29, 1.82) is 0 Å². The van der Waals surface area contributed by atoms with E-state index in [1.165, 1.54) is 82.8 Å². The maximum atomic E-state index is 12.0. The molecule has 0 saturated carbocycles. The summed E-state index contributed by atoms with van der Waals surface area (Å²) >= 11 is 0. The van der Waals surface area contributed by atoms with Gasteiger partial charge >= 0.3 is 11.9 Å². The average Bonchev–Trinajstić information content (AvgIpc) is 1.58. The number of benzene rings is 5. The minimum absolute atomic E-state index is 0. The summed E-state index contributed by atoms with van der Waals surface area (Å²) in [6.45, 7) is 27.7. The molecule has 3 aliphatic heterocycles. The molecule has 0 spiro atoms. The number of aryl methyl sites for hydroxylation is 2. The Kier molecular flexibility index (Phi) is 40.9. The van der Waals surface area contributed by atoms with E-state index in [1.807, 2.05) is 92.8 Å². The van der Waals surface area contributed by atoms with Crippen molar-refractivity contribution in [3.63, 3.8) is 0 Å². The molecule has 0 aromatic heterocycles. The first-order valence-electron chi connectivity index (χ1n) is 37.9. The second kappa shape index (κ2) is 45.5. The average molecular weight is 1630 g/mol. The van der Waals surface area contributed by atoms with Crippen LogP contribution in [0.15, 0.2) is 173 Å². The lowest BCUT2D eigenvalue weighted by molar-refractivity contribution is -0.871. The molecule has 0 bridgehead atoms. The van der Waals surface area contributed by atoms with Crippen LogP contribution in [0.4, 0.5) is 17.1 Å². The van der Waals surface area contributed by atoms with Crippen molar-refractivity contribution in [2.75, 3.05) is 136 Å². The number of anilines is 1. The highest BCUT2D eigenvalue weighted by molar-refractivity contribution is 8.93. The molecule has 3 aliphatic rings. The number of hydrogen-bond acceptors (Lipinski definition) is 12. The SMILES string of the molecule is Br.CC1=[N+](CCC[N+](C)(C)C)c2ccc(C)cc2C1(C)C.CCO.COC(=O)CCCC(OC)OC.Cc1ccc2c(c1)C(C)(C)C(=CC=C(C=CC1=[N+](CCC[N+](C)(C)C)c3ccc(S(=O)(=O)[O-])cc3C1(C)C)CCC(=O)[O-])N2CCC[N+](C)(C)C.O=C(O)CCC(/C=C/c1ccccc1)=C\Cc1ccccc1.[Cl-]. The Bertz CT molecular complexity index is 4120. The van der Waals surface area contributed by atoms with E-state index in [0.717, 1.165) is 99.0 Å². The Labute approximate surface area is 677 Å². The fourth-order valence-corrected chi connectivity index (χ4v) is 13.9. The van der Waals surface area contributed by atoms with Gasteiger partial charge in [0.2, 0.25) is 11.4 Å².